The Labute approximate surface area is 168 Å². The molecule has 2 N–H and O–H groups in total. The van der Waals surface area contributed by atoms with E-state index in [2.05, 4.69) is 37.4 Å². The summed E-state index contributed by atoms with van der Waals surface area (Å²) in [5, 5.41) is 2.32. The first kappa shape index (κ1) is 20.8. The van der Waals surface area contributed by atoms with E-state index in [0.717, 1.165) is 56.7 Å². The number of nitrogens with two attached hydrogens (primary N) is 1. The standard InChI is InChI=1S/C24H32FNO2/c1-4-23(2)18-24(14-16-28-23,21-7-5-6-8-22(21)27-3)13-15-26-17-19-9-11-20(25)12-10-19/h5-12,26H,4,13-18H2,1-3H3/p+1/t23-,24+/m1/s1. The summed E-state index contributed by atoms with van der Waals surface area (Å²) in [6, 6.07) is 15.2. The van der Waals surface area contributed by atoms with Crippen LogP contribution >= 0.6 is 0 Å². The molecule has 152 valence electrons. The number of halogens is 1. The third-order valence-corrected chi connectivity index (χ3v) is 6.29. The molecule has 0 aromatic heterocycles. The Hall–Kier alpha value is -1.91. The predicted molar refractivity (Wildman–Crippen MR) is 110 cm³/mol. The van der Waals surface area contributed by atoms with E-state index in [1.807, 2.05) is 18.2 Å². The molecule has 0 unspecified atom stereocenters. The molecule has 4 heteroatoms. The number of benzene rings is 2. The third kappa shape index (κ3) is 4.73. The van der Waals surface area contributed by atoms with Crippen LogP contribution in [0.4, 0.5) is 4.39 Å². The molecule has 0 spiro atoms. The molecule has 1 saturated heterocycles. The van der Waals surface area contributed by atoms with E-state index in [9.17, 15) is 4.39 Å². The van der Waals surface area contributed by atoms with E-state index in [-0.39, 0.29) is 16.8 Å². The summed E-state index contributed by atoms with van der Waals surface area (Å²) in [5.74, 6) is 0.793. The third-order valence-electron chi connectivity index (χ3n) is 6.29. The lowest BCUT2D eigenvalue weighted by Crippen LogP contribution is -2.83. The van der Waals surface area contributed by atoms with Crippen molar-refractivity contribution >= 4 is 0 Å². The van der Waals surface area contributed by atoms with Gasteiger partial charge >= 0.3 is 0 Å². The van der Waals surface area contributed by atoms with Gasteiger partial charge in [-0.2, -0.15) is 0 Å². The largest absolute Gasteiger partial charge is 0.496 e. The highest BCUT2D eigenvalue weighted by molar-refractivity contribution is 5.40. The van der Waals surface area contributed by atoms with E-state index in [1.165, 1.54) is 17.7 Å². The Morgan fingerprint density at radius 2 is 1.89 bits per heavy atom. The Morgan fingerprint density at radius 1 is 1.14 bits per heavy atom. The fourth-order valence-electron chi connectivity index (χ4n) is 4.50. The van der Waals surface area contributed by atoms with Gasteiger partial charge in [0.05, 0.1) is 19.3 Å². The molecule has 28 heavy (non-hydrogen) atoms. The summed E-state index contributed by atoms with van der Waals surface area (Å²) < 4.78 is 25.0. The number of hydrogen-bond donors (Lipinski definition) is 1. The molecular formula is C24H33FNO2+. The molecule has 1 aliphatic heterocycles. The van der Waals surface area contributed by atoms with Crippen molar-refractivity contribution in [3.63, 3.8) is 0 Å². The molecule has 1 aliphatic rings. The SMILES string of the molecule is CC[C@]1(C)C[C@@](CC[NH2+]Cc2ccc(F)cc2)(c2ccccc2OC)CCO1. The van der Waals surface area contributed by atoms with Crippen LogP contribution in [0.25, 0.3) is 0 Å². The van der Waals surface area contributed by atoms with E-state index >= 15 is 0 Å². The number of hydrogen-bond acceptors (Lipinski definition) is 2. The lowest BCUT2D eigenvalue weighted by atomic mass is 9.66. The van der Waals surface area contributed by atoms with Crippen LogP contribution < -0.4 is 10.1 Å². The van der Waals surface area contributed by atoms with Gasteiger partial charge in [-0.3, -0.25) is 0 Å². The van der Waals surface area contributed by atoms with E-state index in [4.69, 9.17) is 9.47 Å². The van der Waals surface area contributed by atoms with Crippen molar-refractivity contribution in [3.05, 3.63) is 65.5 Å². The Kier molecular flexibility index (Phi) is 6.73. The van der Waals surface area contributed by atoms with Crippen LogP contribution in [0.15, 0.2) is 48.5 Å². The molecule has 0 saturated carbocycles. The lowest BCUT2D eigenvalue weighted by molar-refractivity contribution is -0.672. The molecule has 2 atom stereocenters. The Morgan fingerprint density at radius 3 is 2.61 bits per heavy atom. The highest BCUT2D eigenvalue weighted by atomic mass is 19.1. The monoisotopic (exact) mass is 386 g/mol. The second-order valence-electron chi connectivity index (χ2n) is 8.22. The summed E-state index contributed by atoms with van der Waals surface area (Å²) in [6.45, 7) is 7.09. The van der Waals surface area contributed by atoms with E-state index in [1.54, 1.807) is 7.11 Å². The minimum atomic E-state index is -0.181. The number of para-hydroxylation sites is 1. The van der Waals surface area contributed by atoms with Crippen LogP contribution in [-0.4, -0.2) is 25.9 Å². The Balaban J connectivity index is 1.76. The second-order valence-corrected chi connectivity index (χ2v) is 8.22. The highest BCUT2D eigenvalue weighted by Crippen LogP contribution is 2.47. The molecular weight excluding hydrogens is 353 g/mol. The molecule has 0 amide bonds. The second kappa shape index (κ2) is 9.06. The summed E-state index contributed by atoms with van der Waals surface area (Å²) in [6.07, 6.45) is 4.07. The molecule has 0 aliphatic carbocycles. The summed E-state index contributed by atoms with van der Waals surface area (Å²) in [4.78, 5) is 0. The first-order valence-electron chi connectivity index (χ1n) is 10.3. The fourth-order valence-corrected chi connectivity index (χ4v) is 4.50. The van der Waals surface area contributed by atoms with Crippen molar-refractivity contribution in [2.75, 3.05) is 20.3 Å². The number of ether oxygens (including phenoxy) is 2. The van der Waals surface area contributed by atoms with Gasteiger partial charge < -0.3 is 14.8 Å². The highest BCUT2D eigenvalue weighted by Gasteiger charge is 2.44. The minimum Gasteiger partial charge on any atom is -0.496 e. The summed E-state index contributed by atoms with van der Waals surface area (Å²) in [5.41, 5.74) is 2.40. The van der Waals surface area contributed by atoms with Crippen molar-refractivity contribution in [2.45, 2.75) is 57.1 Å². The van der Waals surface area contributed by atoms with Gasteiger partial charge in [0.25, 0.3) is 0 Å². The van der Waals surface area contributed by atoms with E-state index < -0.39 is 0 Å². The molecule has 2 aromatic carbocycles. The number of methoxy groups -OCH3 is 1. The van der Waals surface area contributed by atoms with Crippen LogP contribution in [-0.2, 0) is 16.7 Å². The summed E-state index contributed by atoms with van der Waals surface area (Å²) in [7, 11) is 1.76. The van der Waals surface area contributed by atoms with Gasteiger partial charge in [0.15, 0.2) is 0 Å². The maximum Gasteiger partial charge on any atom is 0.123 e. The topological polar surface area (TPSA) is 35.1 Å². The van der Waals surface area contributed by atoms with Gasteiger partial charge in [0, 0.05) is 29.6 Å². The number of quaternary nitrogens is 1. The van der Waals surface area contributed by atoms with Crippen LogP contribution in [0.5, 0.6) is 5.75 Å². The van der Waals surface area contributed by atoms with Crippen molar-refractivity contribution in [2.24, 2.45) is 0 Å². The molecule has 3 nitrogen and oxygen atoms in total. The van der Waals surface area contributed by atoms with Crippen LogP contribution in [0.3, 0.4) is 0 Å². The molecule has 3 rings (SSSR count). The molecule has 2 aromatic rings. The maximum absolute atomic E-state index is 13.1. The van der Waals surface area contributed by atoms with Gasteiger partial charge in [-0.15, -0.1) is 0 Å². The van der Waals surface area contributed by atoms with Crippen LogP contribution in [0.2, 0.25) is 0 Å². The first-order chi connectivity index (χ1) is 13.5. The van der Waals surface area contributed by atoms with Crippen molar-refractivity contribution < 1.29 is 19.2 Å². The smallest absolute Gasteiger partial charge is 0.123 e. The fraction of sp³-hybridized carbons (Fsp3) is 0.500. The van der Waals surface area contributed by atoms with Crippen LogP contribution in [0, 0.1) is 5.82 Å². The van der Waals surface area contributed by atoms with Crippen molar-refractivity contribution in [3.8, 4) is 5.75 Å². The summed E-state index contributed by atoms with van der Waals surface area (Å²) >= 11 is 0. The predicted octanol–water partition coefficient (Wildman–Crippen LogP) is 4.20. The zero-order valence-electron chi connectivity index (χ0n) is 17.3. The zero-order chi connectivity index (χ0) is 20.0. The normalized spacial score (nSPS) is 24.9. The number of rotatable bonds is 8. The van der Waals surface area contributed by atoms with Gasteiger partial charge in [0.2, 0.25) is 0 Å². The van der Waals surface area contributed by atoms with Gasteiger partial charge in [0.1, 0.15) is 18.1 Å². The quantitative estimate of drug-likeness (QED) is 0.690. The Bertz CT molecular complexity index is 763. The van der Waals surface area contributed by atoms with Gasteiger partial charge in [-0.05, 0) is 44.4 Å². The van der Waals surface area contributed by atoms with Crippen molar-refractivity contribution in [1.29, 1.82) is 0 Å². The molecule has 1 heterocycles. The molecule has 0 radical (unpaired) electrons. The lowest BCUT2D eigenvalue weighted by Gasteiger charge is -2.46. The first-order valence-corrected chi connectivity index (χ1v) is 10.3. The average Bonchev–Trinajstić information content (AvgIpc) is 2.72. The maximum atomic E-state index is 13.1. The zero-order valence-corrected chi connectivity index (χ0v) is 17.3. The minimum absolute atomic E-state index is 0.0505. The van der Waals surface area contributed by atoms with Crippen LogP contribution in [0.1, 0.15) is 50.7 Å². The molecule has 1 fully saturated rings. The molecule has 0 bridgehead atoms. The van der Waals surface area contributed by atoms with E-state index in [0.29, 0.717) is 0 Å². The van der Waals surface area contributed by atoms with Crippen molar-refractivity contribution in [1.82, 2.24) is 0 Å². The van der Waals surface area contributed by atoms with Gasteiger partial charge in [-0.25, -0.2) is 4.39 Å². The van der Waals surface area contributed by atoms with Gasteiger partial charge in [-0.1, -0.05) is 37.3 Å². The average molecular weight is 387 g/mol.